The first-order chi connectivity index (χ1) is 8.68. The Labute approximate surface area is 115 Å². The number of thioether (sulfide) groups is 1. The summed E-state index contributed by atoms with van der Waals surface area (Å²) in [5.41, 5.74) is 0. The van der Waals surface area contributed by atoms with Crippen molar-refractivity contribution in [2.45, 2.75) is 13.3 Å². The number of hydrogen-bond donors (Lipinski definition) is 1. The van der Waals surface area contributed by atoms with E-state index in [2.05, 4.69) is 42.8 Å². The summed E-state index contributed by atoms with van der Waals surface area (Å²) in [6, 6.07) is 0. The first-order valence-corrected chi connectivity index (χ1v) is 7.30. The maximum absolute atomic E-state index is 5.53. The van der Waals surface area contributed by atoms with E-state index in [0.717, 1.165) is 35.9 Å². The molecule has 0 fully saturated rings. The highest BCUT2D eigenvalue weighted by Gasteiger charge is 2.04. The Bertz CT molecular complexity index is 333. The molecule has 1 unspecified atom stereocenters. The molecular weight excluding hydrogens is 242 g/mol. The molecule has 2 nitrogen and oxygen atoms in total. The summed E-state index contributed by atoms with van der Waals surface area (Å²) >= 11 is 1.72. The first kappa shape index (κ1) is 15.1. The number of rotatable bonds is 9. The summed E-state index contributed by atoms with van der Waals surface area (Å²) in [5, 5.41) is 3.37. The van der Waals surface area contributed by atoms with E-state index in [9.17, 15) is 0 Å². The van der Waals surface area contributed by atoms with Crippen LogP contribution in [0.15, 0.2) is 48.1 Å². The molecular formula is C15H23NOS. The van der Waals surface area contributed by atoms with Crippen molar-refractivity contribution >= 4 is 11.8 Å². The van der Waals surface area contributed by atoms with Gasteiger partial charge in [-0.3, -0.25) is 0 Å². The highest BCUT2D eigenvalue weighted by atomic mass is 32.2. The fraction of sp³-hybridized carbons (Fsp3) is 0.467. The molecule has 18 heavy (non-hydrogen) atoms. The average Bonchev–Trinajstić information content (AvgIpc) is 2.36. The second-order valence-corrected chi connectivity index (χ2v) is 5.77. The van der Waals surface area contributed by atoms with Gasteiger partial charge in [0.15, 0.2) is 0 Å². The third-order valence-corrected chi connectivity index (χ3v) is 3.40. The normalized spacial score (nSPS) is 17.7. The maximum Gasteiger partial charge on any atom is 0.103 e. The molecule has 0 radical (unpaired) electrons. The molecule has 1 aliphatic carbocycles. The van der Waals surface area contributed by atoms with Gasteiger partial charge < -0.3 is 10.1 Å². The number of nitrogens with one attached hydrogen (secondary N) is 1. The van der Waals surface area contributed by atoms with Gasteiger partial charge in [-0.05, 0) is 24.2 Å². The fourth-order valence-electron chi connectivity index (χ4n) is 1.63. The highest BCUT2D eigenvalue weighted by molar-refractivity contribution is 8.03. The summed E-state index contributed by atoms with van der Waals surface area (Å²) in [6.07, 6.45) is 9.76. The first-order valence-electron chi connectivity index (χ1n) is 6.31. The molecule has 0 aromatic rings. The number of allylic oxidation sites excluding steroid dienone is 4. The van der Waals surface area contributed by atoms with E-state index < -0.39 is 0 Å². The molecule has 0 spiro atoms. The van der Waals surface area contributed by atoms with Crippen LogP contribution in [-0.2, 0) is 4.74 Å². The van der Waals surface area contributed by atoms with Gasteiger partial charge in [0.2, 0.25) is 0 Å². The van der Waals surface area contributed by atoms with Gasteiger partial charge in [0.1, 0.15) is 5.76 Å². The van der Waals surface area contributed by atoms with E-state index in [4.69, 9.17) is 4.74 Å². The van der Waals surface area contributed by atoms with Crippen molar-refractivity contribution in [3.8, 4) is 0 Å². The monoisotopic (exact) mass is 265 g/mol. The van der Waals surface area contributed by atoms with Crippen molar-refractivity contribution in [1.29, 1.82) is 0 Å². The number of hydrogen-bond acceptors (Lipinski definition) is 3. The van der Waals surface area contributed by atoms with E-state index in [1.807, 2.05) is 6.92 Å². The molecule has 0 bridgehead atoms. The van der Waals surface area contributed by atoms with E-state index in [1.54, 1.807) is 11.8 Å². The Morgan fingerprint density at radius 2 is 2.28 bits per heavy atom. The third-order valence-electron chi connectivity index (χ3n) is 2.54. The Balaban J connectivity index is 1.98. The molecule has 0 amide bonds. The number of ether oxygens (including phenoxy) is 1. The van der Waals surface area contributed by atoms with Gasteiger partial charge in [-0.15, -0.1) is 11.8 Å². The zero-order valence-electron chi connectivity index (χ0n) is 11.2. The fourth-order valence-corrected chi connectivity index (χ4v) is 2.15. The smallest absolute Gasteiger partial charge is 0.103 e. The quantitative estimate of drug-likeness (QED) is 0.509. The Hall–Kier alpha value is -0.930. The molecule has 0 aliphatic heterocycles. The van der Waals surface area contributed by atoms with Crippen molar-refractivity contribution in [3.63, 3.8) is 0 Å². The van der Waals surface area contributed by atoms with E-state index in [-0.39, 0.29) is 0 Å². The lowest BCUT2D eigenvalue weighted by molar-refractivity contribution is 0.225. The van der Waals surface area contributed by atoms with Gasteiger partial charge in [-0.1, -0.05) is 37.5 Å². The lowest BCUT2D eigenvalue weighted by Crippen LogP contribution is -2.24. The van der Waals surface area contributed by atoms with Crippen LogP contribution < -0.4 is 5.32 Å². The minimum absolute atomic E-state index is 0.599. The van der Waals surface area contributed by atoms with Crippen LogP contribution in [0.4, 0.5) is 0 Å². The van der Waals surface area contributed by atoms with Crippen LogP contribution in [-0.4, -0.2) is 25.4 Å². The zero-order chi connectivity index (χ0) is 13.2. The topological polar surface area (TPSA) is 21.3 Å². The standard InChI is InChI=1S/C15H23NOS/c1-13(2)18-10-9-17-14(3)11-16-12-15-7-5-4-6-8-15/h4-7,15-16H,1,3,8-12H2,2H3. The van der Waals surface area contributed by atoms with Crippen molar-refractivity contribution in [2.24, 2.45) is 5.92 Å². The van der Waals surface area contributed by atoms with Crippen molar-refractivity contribution in [2.75, 3.05) is 25.4 Å². The molecule has 0 heterocycles. The van der Waals surface area contributed by atoms with Gasteiger partial charge in [-0.2, -0.15) is 0 Å². The minimum atomic E-state index is 0.599. The molecule has 0 aromatic heterocycles. The molecule has 0 saturated heterocycles. The lowest BCUT2D eigenvalue weighted by Gasteiger charge is -2.15. The van der Waals surface area contributed by atoms with Gasteiger partial charge in [-0.25, -0.2) is 0 Å². The van der Waals surface area contributed by atoms with Crippen LogP contribution in [0.25, 0.3) is 0 Å². The largest absolute Gasteiger partial charge is 0.496 e. The van der Waals surface area contributed by atoms with Crippen LogP contribution >= 0.6 is 11.8 Å². The maximum atomic E-state index is 5.53. The molecule has 0 saturated carbocycles. The lowest BCUT2D eigenvalue weighted by atomic mass is 10.0. The van der Waals surface area contributed by atoms with Gasteiger partial charge in [0.05, 0.1) is 13.2 Å². The second-order valence-electron chi connectivity index (χ2n) is 4.38. The van der Waals surface area contributed by atoms with Crippen molar-refractivity contribution in [1.82, 2.24) is 5.32 Å². The molecule has 1 aliphatic rings. The van der Waals surface area contributed by atoms with Crippen LogP contribution in [0.3, 0.4) is 0 Å². The van der Waals surface area contributed by atoms with Crippen molar-refractivity contribution < 1.29 is 4.74 Å². The Kier molecular flexibility index (Phi) is 7.62. The second kappa shape index (κ2) is 9.06. The molecule has 1 atom stereocenters. The molecule has 1 N–H and O–H groups in total. The summed E-state index contributed by atoms with van der Waals surface area (Å²) in [5.74, 6) is 2.35. The summed E-state index contributed by atoms with van der Waals surface area (Å²) < 4.78 is 5.53. The van der Waals surface area contributed by atoms with Gasteiger partial charge >= 0.3 is 0 Å². The predicted octanol–water partition coefficient (Wildman–Crippen LogP) is 3.51. The Morgan fingerprint density at radius 3 is 2.94 bits per heavy atom. The van der Waals surface area contributed by atoms with E-state index in [1.165, 1.54) is 0 Å². The third kappa shape index (κ3) is 7.41. The summed E-state index contributed by atoms with van der Waals surface area (Å²) in [6.45, 7) is 12.1. The molecule has 3 heteroatoms. The van der Waals surface area contributed by atoms with Gasteiger partial charge in [0.25, 0.3) is 0 Å². The van der Waals surface area contributed by atoms with Crippen LogP contribution in [0.1, 0.15) is 13.3 Å². The highest BCUT2D eigenvalue weighted by Crippen LogP contribution is 2.12. The summed E-state index contributed by atoms with van der Waals surface area (Å²) in [7, 11) is 0. The Morgan fingerprint density at radius 1 is 1.44 bits per heavy atom. The van der Waals surface area contributed by atoms with Crippen LogP contribution in [0.5, 0.6) is 0 Å². The molecule has 100 valence electrons. The predicted molar refractivity (Wildman–Crippen MR) is 81.6 cm³/mol. The van der Waals surface area contributed by atoms with Crippen LogP contribution in [0, 0.1) is 5.92 Å². The molecule has 0 aromatic carbocycles. The minimum Gasteiger partial charge on any atom is -0.496 e. The van der Waals surface area contributed by atoms with E-state index >= 15 is 0 Å². The molecule has 1 rings (SSSR count). The van der Waals surface area contributed by atoms with E-state index in [0.29, 0.717) is 12.5 Å². The van der Waals surface area contributed by atoms with Crippen molar-refractivity contribution in [3.05, 3.63) is 48.1 Å². The summed E-state index contributed by atoms with van der Waals surface area (Å²) in [4.78, 5) is 1.12. The SMILES string of the molecule is C=C(CNCC1C=CC=CC1)OCCSC(=C)C. The van der Waals surface area contributed by atoms with Crippen LogP contribution in [0.2, 0.25) is 0 Å². The zero-order valence-corrected chi connectivity index (χ0v) is 12.0. The van der Waals surface area contributed by atoms with Gasteiger partial charge in [0, 0.05) is 12.3 Å². The average molecular weight is 265 g/mol.